The van der Waals surface area contributed by atoms with Gasteiger partial charge in [-0.3, -0.25) is 9.69 Å². The van der Waals surface area contributed by atoms with Crippen molar-refractivity contribution in [2.45, 2.75) is 25.9 Å². The molecule has 0 bridgehead atoms. The molecule has 3 aromatic rings. The van der Waals surface area contributed by atoms with Crippen molar-refractivity contribution in [3.63, 3.8) is 0 Å². The number of benzene rings is 2. The highest BCUT2D eigenvalue weighted by Crippen LogP contribution is 2.37. The first-order chi connectivity index (χ1) is 15.4. The van der Waals surface area contributed by atoms with Crippen LogP contribution in [-0.2, 0) is 30.7 Å². The quantitative estimate of drug-likeness (QED) is 0.541. The number of rotatable bonds is 6. The van der Waals surface area contributed by atoms with E-state index in [1.165, 1.54) is 23.5 Å². The van der Waals surface area contributed by atoms with E-state index in [0.29, 0.717) is 34.4 Å². The largest absolute Gasteiger partial charge is 0.497 e. The molecular formula is C24H21ClFN3O2S. The number of ether oxygens (including phenoxy) is 1. The molecule has 8 heteroatoms. The first-order valence-corrected chi connectivity index (χ1v) is 11.3. The standard InChI is InChI=1S/C24H21ClFN3O2S/c1-31-19-9-16(7-17(25)11-19)10-23(30)28-24-20(12-27)21-14-29(6-5-22(21)32-24)13-15-3-2-4-18(26)8-15/h2-4,7-9,11H,5-6,10,13-14H2,1H3,(H,28,30). The van der Waals surface area contributed by atoms with Gasteiger partial charge >= 0.3 is 0 Å². The summed E-state index contributed by atoms with van der Waals surface area (Å²) in [7, 11) is 1.54. The normalized spacial score (nSPS) is 13.3. The van der Waals surface area contributed by atoms with Crippen LogP contribution in [0.2, 0.25) is 5.02 Å². The molecular weight excluding hydrogens is 449 g/mol. The van der Waals surface area contributed by atoms with E-state index in [2.05, 4.69) is 16.3 Å². The third-order valence-corrected chi connectivity index (χ3v) is 6.74. The summed E-state index contributed by atoms with van der Waals surface area (Å²) in [6.07, 6.45) is 0.904. The number of carbonyl (C=O) groups excluding carboxylic acids is 1. The zero-order chi connectivity index (χ0) is 22.7. The van der Waals surface area contributed by atoms with Crippen molar-refractivity contribution < 1.29 is 13.9 Å². The van der Waals surface area contributed by atoms with Gasteiger partial charge in [0.1, 0.15) is 22.6 Å². The molecule has 0 unspecified atom stereocenters. The van der Waals surface area contributed by atoms with Gasteiger partial charge in [-0.15, -0.1) is 11.3 Å². The highest BCUT2D eigenvalue weighted by Gasteiger charge is 2.25. The molecule has 0 atom stereocenters. The van der Waals surface area contributed by atoms with Crippen LogP contribution in [0.3, 0.4) is 0 Å². The van der Waals surface area contributed by atoms with E-state index >= 15 is 0 Å². The number of carbonyl (C=O) groups is 1. The Kier molecular flexibility index (Phi) is 6.75. The molecule has 0 radical (unpaired) electrons. The van der Waals surface area contributed by atoms with Gasteiger partial charge in [-0.05, 0) is 47.9 Å². The van der Waals surface area contributed by atoms with Crippen molar-refractivity contribution in [3.8, 4) is 11.8 Å². The number of anilines is 1. The van der Waals surface area contributed by atoms with Crippen LogP contribution in [0.5, 0.6) is 5.75 Å². The Bertz CT molecular complexity index is 1200. The minimum absolute atomic E-state index is 0.121. The maximum atomic E-state index is 13.5. The fraction of sp³-hybridized carbons (Fsp3) is 0.250. The van der Waals surface area contributed by atoms with Crippen LogP contribution < -0.4 is 10.1 Å². The second-order valence-electron chi connectivity index (χ2n) is 7.63. The second kappa shape index (κ2) is 9.70. The monoisotopic (exact) mass is 469 g/mol. The third-order valence-electron chi connectivity index (χ3n) is 5.32. The Labute approximate surface area is 195 Å². The van der Waals surface area contributed by atoms with Crippen molar-refractivity contribution in [2.24, 2.45) is 0 Å². The number of hydrogen-bond donors (Lipinski definition) is 1. The van der Waals surface area contributed by atoms with Gasteiger partial charge in [0.05, 0.1) is 19.1 Å². The molecule has 1 N–H and O–H groups in total. The second-order valence-corrected chi connectivity index (χ2v) is 9.18. The van der Waals surface area contributed by atoms with Crippen LogP contribution in [0.4, 0.5) is 9.39 Å². The number of amides is 1. The van der Waals surface area contributed by atoms with Crippen molar-refractivity contribution in [1.29, 1.82) is 5.26 Å². The number of fused-ring (bicyclic) bond motifs is 1. The molecule has 2 aromatic carbocycles. The van der Waals surface area contributed by atoms with E-state index in [4.69, 9.17) is 16.3 Å². The van der Waals surface area contributed by atoms with Crippen LogP contribution in [0.15, 0.2) is 42.5 Å². The number of nitrogens with one attached hydrogen (secondary N) is 1. The molecule has 0 fully saturated rings. The molecule has 0 saturated heterocycles. The summed E-state index contributed by atoms with van der Waals surface area (Å²) in [5.41, 5.74) is 3.08. The number of nitrogens with zero attached hydrogens (tertiary/aromatic N) is 2. The molecule has 0 aliphatic carbocycles. The average molecular weight is 470 g/mol. The van der Waals surface area contributed by atoms with Gasteiger partial charge in [0, 0.05) is 35.1 Å². The van der Waals surface area contributed by atoms with Gasteiger partial charge in [0.2, 0.25) is 5.91 Å². The predicted octanol–water partition coefficient (Wildman–Crippen LogP) is 5.16. The summed E-state index contributed by atoms with van der Waals surface area (Å²) < 4.78 is 18.7. The zero-order valence-corrected chi connectivity index (χ0v) is 19.0. The SMILES string of the molecule is COc1cc(Cl)cc(CC(=O)Nc2sc3c(c2C#N)CN(Cc2cccc(F)c2)CC3)c1. The van der Waals surface area contributed by atoms with Crippen molar-refractivity contribution >= 4 is 33.8 Å². The summed E-state index contributed by atoms with van der Waals surface area (Å²) in [4.78, 5) is 16.0. The number of nitriles is 1. The Hall–Kier alpha value is -2.92. The topological polar surface area (TPSA) is 65.4 Å². The van der Waals surface area contributed by atoms with Gasteiger partial charge in [-0.1, -0.05) is 23.7 Å². The van der Waals surface area contributed by atoms with Gasteiger partial charge in [-0.25, -0.2) is 4.39 Å². The molecule has 5 nitrogen and oxygen atoms in total. The van der Waals surface area contributed by atoms with E-state index in [-0.39, 0.29) is 18.1 Å². The Morgan fingerprint density at radius 3 is 2.91 bits per heavy atom. The lowest BCUT2D eigenvalue weighted by Gasteiger charge is -2.27. The number of halogens is 2. The van der Waals surface area contributed by atoms with E-state index in [1.54, 1.807) is 31.4 Å². The molecule has 2 heterocycles. The smallest absolute Gasteiger partial charge is 0.229 e. The molecule has 1 aromatic heterocycles. The van der Waals surface area contributed by atoms with Gasteiger partial charge in [-0.2, -0.15) is 5.26 Å². The first-order valence-electron chi connectivity index (χ1n) is 10.1. The molecule has 32 heavy (non-hydrogen) atoms. The highest BCUT2D eigenvalue weighted by molar-refractivity contribution is 7.16. The van der Waals surface area contributed by atoms with Crippen molar-refractivity contribution in [3.05, 3.63) is 80.4 Å². The molecule has 4 rings (SSSR count). The Morgan fingerprint density at radius 1 is 1.31 bits per heavy atom. The molecule has 1 amide bonds. The van der Waals surface area contributed by atoms with Gasteiger partial charge in [0.25, 0.3) is 0 Å². The zero-order valence-electron chi connectivity index (χ0n) is 17.5. The van der Waals surface area contributed by atoms with Crippen LogP contribution in [-0.4, -0.2) is 24.5 Å². The fourth-order valence-corrected chi connectivity index (χ4v) is 5.29. The predicted molar refractivity (Wildman–Crippen MR) is 124 cm³/mol. The lowest BCUT2D eigenvalue weighted by Crippen LogP contribution is -2.29. The minimum Gasteiger partial charge on any atom is -0.497 e. The van der Waals surface area contributed by atoms with E-state index in [9.17, 15) is 14.4 Å². The third kappa shape index (κ3) is 5.10. The van der Waals surface area contributed by atoms with E-state index < -0.39 is 0 Å². The van der Waals surface area contributed by atoms with Crippen LogP contribution in [0.25, 0.3) is 0 Å². The van der Waals surface area contributed by atoms with Crippen LogP contribution >= 0.6 is 22.9 Å². The number of thiophene rings is 1. The molecule has 0 saturated carbocycles. The van der Waals surface area contributed by atoms with Gasteiger partial charge in [0.15, 0.2) is 0 Å². The summed E-state index contributed by atoms with van der Waals surface area (Å²) in [6, 6.07) is 14.0. The van der Waals surface area contributed by atoms with Crippen molar-refractivity contribution in [2.75, 3.05) is 19.0 Å². The van der Waals surface area contributed by atoms with Crippen LogP contribution in [0.1, 0.15) is 27.1 Å². The molecule has 164 valence electrons. The molecule has 1 aliphatic heterocycles. The molecule has 1 aliphatic rings. The lowest BCUT2D eigenvalue weighted by atomic mass is 10.0. The summed E-state index contributed by atoms with van der Waals surface area (Å²) in [5.74, 6) is 0.111. The Balaban J connectivity index is 1.47. The highest BCUT2D eigenvalue weighted by atomic mass is 35.5. The summed E-state index contributed by atoms with van der Waals surface area (Å²) >= 11 is 7.55. The van der Waals surface area contributed by atoms with E-state index in [1.807, 2.05) is 6.07 Å². The average Bonchev–Trinajstić information content (AvgIpc) is 3.09. The number of methoxy groups -OCH3 is 1. The minimum atomic E-state index is -0.254. The first kappa shape index (κ1) is 22.3. The van der Waals surface area contributed by atoms with Crippen LogP contribution in [0, 0.1) is 17.1 Å². The fourth-order valence-electron chi connectivity index (χ4n) is 3.88. The number of hydrogen-bond acceptors (Lipinski definition) is 5. The summed E-state index contributed by atoms with van der Waals surface area (Å²) in [6.45, 7) is 2.01. The lowest BCUT2D eigenvalue weighted by molar-refractivity contribution is -0.115. The summed E-state index contributed by atoms with van der Waals surface area (Å²) in [5, 5.41) is 13.8. The maximum absolute atomic E-state index is 13.5. The van der Waals surface area contributed by atoms with Crippen molar-refractivity contribution in [1.82, 2.24) is 4.90 Å². The maximum Gasteiger partial charge on any atom is 0.229 e. The van der Waals surface area contributed by atoms with E-state index in [0.717, 1.165) is 34.5 Å². The Morgan fingerprint density at radius 2 is 2.16 bits per heavy atom. The van der Waals surface area contributed by atoms with Gasteiger partial charge < -0.3 is 10.1 Å². The molecule has 0 spiro atoms.